The Hall–Kier alpha value is -1.52. The summed E-state index contributed by atoms with van der Waals surface area (Å²) in [6.45, 7) is 1.15. The Bertz CT molecular complexity index is 605. The van der Waals surface area contributed by atoms with Gasteiger partial charge in [-0.1, -0.05) is 30.3 Å². The van der Waals surface area contributed by atoms with Crippen molar-refractivity contribution in [3.8, 4) is 11.5 Å². The summed E-state index contributed by atoms with van der Waals surface area (Å²) in [6, 6.07) is 14.2. The second-order valence-electron chi connectivity index (χ2n) is 5.13. The third-order valence-electron chi connectivity index (χ3n) is 3.59. The van der Waals surface area contributed by atoms with Gasteiger partial charge in [-0.2, -0.15) is 0 Å². The number of halogens is 1. The molecule has 2 aromatic rings. The quantitative estimate of drug-likeness (QED) is 0.902. The maximum Gasteiger partial charge on any atom is 0.137 e. The first-order valence-electron chi connectivity index (χ1n) is 7.12. The molecule has 2 N–H and O–H groups in total. The average molecular weight is 348 g/mol. The topological polar surface area (TPSA) is 44.5 Å². The zero-order chi connectivity index (χ0) is 14.7. The van der Waals surface area contributed by atoms with Gasteiger partial charge in [-0.25, -0.2) is 0 Å². The van der Waals surface area contributed by atoms with Crippen LogP contribution in [0.15, 0.2) is 46.9 Å². The van der Waals surface area contributed by atoms with Crippen LogP contribution < -0.4 is 15.2 Å². The third kappa shape index (κ3) is 3.22. The summed E-state index contributed by atoms with van der Waals surface area (Å²) in [5.41, 5.74) is 8.04. The van der Waals surface area contributed by atoms with Crippen molar-refractivity contribution in [1.29, 1.82) is 0 Å². The molecule has 0 spiro atoms. The van der Waals surface area contributed by atoms with Crippen molar-refractivity contribution in [3.63, 3.8) is 0 Å². The van der Waals surface area contributed by atoms with Gasteiger partial charge in [-0.3, -0.25) is 0 Å². The van der Waals surface area contributed by atoms with Crippen LogP contribution in [-0.4, -0.2) is 19.3 Å². The summed E-state index contributed by atoms with van der Waals surface area (Å²) >= 11 is 3.55. The molecule has 0 aliphatic carbocycles. The van der Waals surface area contributed by atoms with E-state index in [-0.39, 0.29) is 6.10 Å². The van der Waals surface area contributed by atoms with Gasteiger partial charge in [0.2, 0.25) is 0 Å². The Labute approximate surface area is 133 Å². The van der Waals surface area contributed by atoms with Crippen molar-refractivity contribution in [2.45, 2.75) is 18.9 Å². The Morgan fingerprint density at radius 1 is 1.19 bits per heavy atom. The van der Waals surface area contributed by atoms with Crippen molar-refractivity contribution in [1.82, 2.24) is 0 Å². The van der Waals surface area contributed by atoms with E-state index in [1.807, 2.05) is 30.3 Å². The highest BCUT2D eigenvalue weighted by Crippen LogP contribution is 2.32. The second kappa shape index (κ2) is 6.50. The lowest BCUT2D eigenvalue weighted by Crippen LogP contribution is -2.23. The first-order valence-corrected chi connectivity index (χ1v) is 7.92. The molecule has 0 fully saturated rings. The van der Waals surface area contributed by atoms with E-state index in [0.717, 1.165) is 34.4 Å². The van der Waals surface area contributed by atoms with Crippen LogP contribution in [0.4, 0.5) is 0 Å². The predicted molar refractivity (Wildman–Crippen MR) is 87.0 cm³/mol. The Balaban J connectivity index is 1.67. The van der Waals surface area contributed by atoms with Crippen LogP contribution in [0.2, 0.25) is 0 Å². The van der Waals surface area contributed by atoms with Gasteiger partial charge in [-0.15, -0.1) is 0 Å². The van der Waals surface area contributed by atoms with Gasteiger partial charge >= 0.3 is 0 Å². The number of benzene rings is 2. The normalized spacial score (nSPS) is 16.4. The fourth-order valence-electron chi connectivity index (χ4n) is 2.59. The molecule has 0 saturated heterocycles. The van der Waals surface area contributed by atoms with E-state index < -0.39 is 0 Å². The number of rotatable bonds is 5. The molecule has 1 unspecified atom stereocenters. The van der Waals surface area contributed by atoms with E-state index in [1.54, 1.807) is 0 Å². The Kier molecular flexibility index (Phi) is 4.46. The summed E-state index contributed by atoms with van der Waals surface area (Å²) in [7, 11) is 0. The van der Waals surface area contributed by atoms with Crippen LogP contribution >= 0.6 is 15.9 Å². The van der Waals surface area contributed by atoms with Crippen LogP contribution in [0.5, 0.6) is 11.5 Å². The van der Waals surface area contributed by atoms with Crippen molar-refractivity contribution in [2.24, 2.45) is 5.73 Å². The minimum absolute atomic E-state index is 0.0697. The minimum atomic E-state index is 0.0697. The molecule has 110 valence electrons. The molecule has 3 rings (SSSR count). The van der Waals surface area contributed by atoms with E-state index in [0.29, 0.717) is 13.2 Å². The molecular weight excluding hydrogens is 330 g/mol. The number of nitrogens with two attached hydrogens (primary N) is 1. The highest BCUT2D eigenvalue weighted by molar-refractivity contribution is 9.10. The predicted octanol–water partition coefficient (Wildman–Crippen LogP) is 3.33. The fourth-order valence-corrected chi connectivity index (χ4v) is 3.11. The van der Waals surface area contributed by atoms with Gasteiger partial charge < -0.3 is 15.2 Å². The lowest BCUT2D eigenvalue weighted by Gasteiger charge is -2.16. The molecule has 4 heteroatoms. The summed E-state index contributed by atoms with van der Waals surface area (Å²) < 4.78 is 12.9. The summed E-state index contributed by atoms with van der Waals surface area (Å²) in [4.78, 5) is 0. The van der Waals surface area contributed by atoms with E-state index in [1.165, 1.54) is 5.56 Å². The van der Waals surface area contributed by atoms with E-state index in [9.17, 15) is 0 Å². The number of ether oxygens (including phenoxy) is 2. The monoisotopic (exact) mass is 347 g/mol. The van der Waals surface area contributed by atoms with Gasteiger partial charge in [-0.05, 0) is 52.2 Å². The highest BCUT2D eigenvalue weighted by Gasteiger charge is 2.23. The molecule has 0 radical (unpaired) electrons. The van der Waals surface area contributed by atoms with E-state index in [2.05, 4.69) is 28.1 Å². The number of para-hydroxylation sites is 2. The first kappa shape index (κ1) is 14.4. The lowest BCUT2D eigenvalue weighted by atomic mass is 10.1. The van der Waals surface area contributed by atoms with Crippen molar-refractivity contribution in [3.05, 3.63) is 58.1 Å². The van der Waals surface area contributed by atoms with Crippen molar-refractivity contribution >= 4 is 15.9 Å². The molecule has 1 aliphatic rings. The molecule has 1 aliphatic heterocycles. The number of fused-ring (bicyclic) bond motifs is 1. The summed E-state index contributed by atoms with van der Waals surface area (Å²) in [5, 5.41) is 0. The average Bonchev–Trinajstić information content (AvgIpc) is 2.90. The molecule has 0 aromatic heterocycles. The van der Waals surface area contributed by atoms with E-state index >= 15 is 0 Å². The maximum atomic E-state index is 6.01. The molecule has 21 heavy (non-hydrogen) atoms. The SMILES string of the molecule is NCCc1cccc(Br)c1OCC1Cc2ccccc2O1. The van der Waals surface area contributed by atoms with Gasteiger partial charge in [0.15, 0.2) is 0 Å². The second-order valence-corrected chi connectivity index (χ2v) is 5.98. The fraction of sp³-hybridized carbons (Fsp3) is 0.294. The molecular formula is C17H18BrNO2. The van der Waals surface area contributed by atoms with Crippen LogP contribution in [0, 0.1) is 0 Å². The van der Waals surface area contributed by atoms with Gasteiger partial charge in [0, 0.05) is 6.42 Å². The van der Waals surface area contributed by atoms with Crippen LogP contribution in [0.25, 0.3) is 0 Å². The molecule has 0 bridgehead atoms. The largest absolute Gasteiger partial charge is 0.488 e. The lowest BCUT2D eigenvalue weighted by molar-refractivity contribution is 0.147. The van der Waals surface area contributed by atoms with Gasteiger partial charge in [0.05, 0.1) is 4.47 Å². The Morgan fingerprint density at radius 2 is 2.05 bits per heavy atom. The Morgan fingerprint density at radius 3 is 2.86 bits per heavy atom. The number of hydrogen-bond donors (Lipinski definition) is 1. The van der Waals surface area contributed by atoms with Crippen LogP contribution in [0.1, 0.15) is 11.1 Å². The van der Waals surface area contributed by atoms with Gasteiger partial charge in [0.1, 0.15) is 24.2 Å². The minimum Gasteiger partial charge on any atom is -0.488 e. The highest BCUT2D eigenvalue weighted by atomic mass is 79.9. The van der Waals surface area contributed by atoms with Crippen molar-refractivity contribution < 1.29 is 9.47 Å². The molecule has 0 saturated carbocycles. The molecule has 0 amide bonds. The standard InChI is InChI=1S/C17H18BrNO2/c18-15-6-3-5-12(8-9-19)17(15)20-11-14-10-13-4-1-2-7-16(13)21-14/h1-7,14H,8-11,19H2. The zero-order valence-corrected chi connectivity index (χ0v) is 13.3. The van der Waals surface area contributed by atoms with Crippen LogP contribution in [0.3, 0.4) is 0 Å². The summed E-state index contributed by atoms with van der Waals surface area (Å²) in [5.74, 6) is 1.85. The maximum absolute atomic E-state index is 6.01. The molecule has 2 aromatic carbocycles. The molecule has 3 nitrogen and oxygen atoms in total. The smallest absolute Gasteiger partial charge is 0.137 e. The first-order chi connectivity index (χ1) is 10.3. The summed E-state index contributed by atoms with van der Waals surface area (Å²) in [6.07, 6.45) is 1.77. The van der Waals surface area contributed by atoms with Crippen LogP contribution in [-0.2, 0) is 12.8 Å². The van der Waals surface area contributed by atoms with Crippen molar-refractivity contribution in [2.75, 3.05) is 13.2 Å². The molecule has 1 atom stereocenters. The molecule has 1 heterocycles. The number of hydrogen-bond acceptors (Lipinski definition) is 3. The van der Waals surface area contributed by atoms with E-state index in [4.69, 9.17) is 15.2 Å². The zero-order valence-electron chi connectivity index (χ0n) is 11.7. The third-order valence-corrected chi connectivity index (χ3v) is 4.21. The van der Waals surface area contributed by atoms with Gasteiger partial charge in [0.25, 0.3) is 0 Å².